The number of nitrogens with zero attached hydrogens (tertiary/aromatic N) is 3. The fourth-order valence-electron chi connectivity index (χ4n) is 2.41. The van der Waals surface area contributed by atoms with Crippen molar-refractivity contribution in [3.8, 4) is 11.5 Å². The number of pyridine rings is 1. The van der Waals surface area contributed by atoms with Crippen molar-refractivity contribution in [2.24, 2.45) is 0 Å². The lowest BCUT2D eigenvalue weighted by Crippen LogP contribution is -2.07. The van der Waals surface area contributed by atoms with Gasteiger partial charge in [-0.05, 0) is 53.7 Å². The molecule has 1 aliphatic rings. The summed E-state index contributed by atoms with van der Waals surface area (Å²) in [5.41, 5.74) is 3.20. The monoisotopic (exact) mass is 346 g/mol. The van der Waals surface area contributed by atoms with Crippen molar-refractivity contribution in [1.82, 2.24) is 15.0 Å². The van der Waals surface area contributed by atoms with Crippen LogP contribution in [0.1, 0.15) is 43.9 Å². The summed E-state index contributed by atoms with van der Waals surface area (Å²) in [6.45, 7) is 5.04. The summed E-state index contributed by atoms with van der Waals surface area (Å²) in [6.07, 6.45) is 5.16. The molecule has 1 fully saturated rings. The molecule has 5 heteroatoms. The number of anilines is 1. The molecule has 0 bridgehead atoms. The predicted octanol–water partition coefficient (Wildman–Crippen LogP) is 4.17. The van der Waals surface area contributed by atoms with Crippen LogP contribution in [0.25, 0.3) is 11.5 Å². The lowest BCUT2D eigenvalue weighted by Gasteiger charge is -2.13. The van der Waals surface area contributed by atoms with E-state index in [1.54, 1.807) is 0 Å². The van der Waals surface area contributed by atoms with Gasteiger partial charge in [-0.3, -0.25) is 4.98 Å². The van der Waals surface area contributed by atoms with Gasteiger partial charge in [0.05, 0.1) is 10.2 Å². The van der Waals surface area contributed by atoms with Gasteiger partial charge in [-0.1, -0.05) is 13.0 Å². The topological polar surface area (TPSA) is 50.7 Å². The van der Waals surface area contributed by atoms with E-state index >= 15 is 0 Å². The molecule has 0 aliphatic heterocycles. The van der Waals surface area contributed by atoms with Crippen LogP contribution in [0.2, 0.25) is 0 Å². The molecule has 2 aromatic heterocycles. The second-order valence-electron chi connectivity index (χ2n) is 5.26. The molecule has 0 amide bonds. The van der Waals surface area contributed by atoms with Gasteiger partial charge in [0.25, 0.3) is 0 Å². The van der Waals surface area contributed by atoms with E-state index in [4.69, 9.17) is 4.98 Å². The molecule has 0 atom stereocenters. The van der Waals surface area contributed by atoms with E-state index in [9.17, 15) is 0 Å². The van der Waals surface area contributed by atoms with Crippen molar-refractivity contribution in [3.05, 3.63) is 34.1 Å². The first kappa shape index (κ1) is 14.4. The second-order valence-corrected chi connectivity index (χ2v) is 6.06. The summed E-state index contributed by atoms with van der Waals surface area (Å²) in [4.78, 5) is 14.0. The molecular weight excluding hydrogens is 328 g/mol. The Labute approximate surface area is 133 Å². The number of hydrogen-bond donors (Lipinski definition) is 1. The van der Waals surface area contributed by atoms with Crippen LogP contribution in [0, 0.1) is 0 Å². The third kappa shape index (κ3) is 2.93. The molecule has 0 spiro atoms. The SMILES string of the molecule is CCNc1nc(-c2ncccc2CC)nc(C2CC2)c1Br. The Hall–Kier alpha value is -1.49. The molecule has 0 saturated heterocycles. The Morgan fingerprint density at radius 1 is 1.29 bits per heavy atom. The van der Waals surface area contributed by atoms with Crippen LogP contribution in [0.4, 0.5) is 5.82 Å². The number of nitrogens with one attached hydrogen (secondary N) is 1. The van der Waals surface area contributed by atoms with Gasteiger partial charge in [-0.15, -0.1) is 0 Å². The van der Waals surface area contributed by atoms with Crippen molar-refractivity contribution in [1.29, 1.82) is 0 Å². The Morgan fingerprint density at radius 3 is 2.76 bits per heavy atom. The standard InChI is InChI=1S/C16H19BrN4/c1-3-10-6-5-9-19-14(10)16-20-13(11-7-8-11)12(17)15(21-16)18-4-2/h5-6,9,11H,3-4,7-8H2,1-2H3,(H,18,20,21). The number of aromatic nitrogens is 3. The average molecular weight is 347 g/mol. The first-order valence-corrected chi connectivity index (χ1v) is 8.29. The van der Waals surface area contributed by atoms with Crippen LogP contribution in [0.3, 0.4) is 0 Å². The smallest absolute Gasteiger partial charge is 0.180 e. The molecule has 1 N–H and O–H groups in total. The minimum absolute atomic E-state index is 0.562. The van der Waals surface area contributed by atoms with Crippen LogP contribution < -0.4 is 5.32 Å². The van der Waals surface area contributed by atoms with Gasteiger partial charge in [0.2, 0.25) is 0 Å². The Morgan fingerprint density at radius 2 is 2.10 bits per heavy atom. The van der Waals surface area contributed by atoms with E-state index < -0.39 is 0 Å². The summed E-state index contributed by atoms with van der Waals surface area (Å²) >= 11 is 3.66. The second kappa shape index (κ2) is 6.10. The first-order valence-electron chi connectivity index (χ1n) is 7.50. The highest BCUT2D eigenvalue weighted by Gasteiger charge is 2.30. The summed E-state index contributed by atoms with van der Waals surface area (Å²) in [7, 11) is 0. The number of hydrogen-bond acceptors (Lipinski definition) is 4. The molecule has 0 unspecified atom stereocenters. The zero-order valence-electron chi connectivity index (χ0n) is 12.4. The summed E-state index contributed by atoms with van der Waals surface area (Å²) < 4.78 is 1.00. The Balaban J connectivity index is 2.13. The maximum atomic E-state index is 4.80. The van der Waals surface area contributed by atoms with E-state index in [1.165, 1.54) is 18.4 Å². The highest BCUT2D eigenvalue weighted by atomic mass is 79.9. The highest BCUT2D eigenvalue weighted by molar-refractivity contribution is 9.10. The minimum Gasteiger partial charge on any atom is -0.369 e. The molecule has 110 valence electrons. The van der Waals surface area contributed by atoms with Crippen LogP contribution in [-0.4, -0.2) is 21.5 Å². The van der Waals surface area contributed by atoms with E-state index in [0.717, 1.165) is 40.5 Å². The first-order chi connectivity index (χ1) is 10.2. The maximum absolute atomic E-state index is 4.80. The van der Waals surface area contributed by atoms with E-state index in [-0.39, 0.29) is 0 Å². The molecule has 2 aromatic rings. The van der Waals surface area contributed by atoms with Crippen LogP contribution in [0.15, 0.2) is 22.8 Å². The summed E-state index contributed by atoms with van der Waals surface area (Å²) in [6, 6.07) is 4.06. The van der Waals surface area contributed by atoms with Crippen molar-refractivity contribution in [2.45, 2.75) is 39.0 Å². The highest BCUT2D eigenvalue weighted by Crippen LogP contribution is 2.44. The largest absolute Gasteiger partial charge is 0.369 e. The van der Waals surface area contributed by atoms with Crippen molar-refractivity contribution in [2.75, 3.05) is 11.9 Å². The third-order valence-corrected chi connectivity index (χ3v) is 4.45. The van der Waals surface area contributed by atoms with Crippen molar-refractivity contribution in [3.63, 3.8) is 0 Å². The quantitative estimate of drug-likeness (QED) is 0.882. The number of rotatable bonds is 5. The van der Waals surface area contributed by atoms with Gasteiger partial charge in [-0.25, -0.2) is 9.97 Å². The van der Waals surface area contributed by atoms with E-state index in [1.807, 2.05) is 12.3 Å². The molecule has 21 heavy (non-hydrogen) atoms. The van der Waals surface area contributed by atoms with Gasteiger partial charge in [0, 0.05) is 18.7 Å². The van der Waals surface area contributed by atoms with E-state index in [0.29, 0.717) is 5.92 Å². The van der Waals surface area contributed by atoms with Gasteiger partial charge in [0.1, 0.15) is 11.5 Å². The van der Waals surface area contributed by atoms with Crippen LogP contribution in [-0.2, 0) is 6.42 Å². The lowest BCUT2D eigenvalue weighted by molar-refractivity contribution is 0.961. The Kier molecular flexibility index (Phi) is 4.19. The molecule has 3 rings (SSSR count). The normalized spacial score (nSPS) is 14.2. The molecule has 1 aliphatic carbocycles. The van der Waals surface area contributed by atoms with Gasteiger partial charge in [-0.2, -0.15) is 0 Å². The third-order valence-electron chi connectivity index (χ3n) is 3.67. The molecule has 2 heterocycles. The maximum Gasteiger partial charge on any atom is 0.180 e. The summed E-state index contributed by atoms with van der Waals surface area (Å²) in [5.74, 6) is 2.16. The van der Waals surface area contributed by atoms with Gasteiger partial charge >= 0.3 is 0 Å². The van der Waals surface area contributed by atoms with Crippen molar-refractivity contribution < 1.29 is 0 Å². The molecule has 1 saturated carbocycles. The molecule has 4 nitrogen and oxygen atoms in total. The average Bonchev–Trinajstić information content (AvgIpc) is 3.34. The zero-order chi connectivity index (χ0) is 14.8. The van der Waals surface area contributed by atoms with Crippen molar-refractivity contribution >= 4 is 21.7 Å². The minimum atomic E-state index is 0.562. The molecule has 0 radical (unpaired) electrons. The lowest BCUT2D eigenvalue weighted by atomic mass is 10.1. The van der Waals surface area contributed by atoms with Crippen LogP contribution in [0.5, 0.6) is 0 Å². The predicted molar refractivity (Wildman–Crippen MR) is 88.5 cm³/mol. The number of halogens is 1. The molecule has 0 aromatic carbocycles. The van der Waals surface area contributed by atoms with E-state index in [2.05, 4.69) is 51.1 Å². The molecular formula is C16H19BrN4. The van der Waals surface area contributed by atoms with Crippen LogP contribution >= 0.6 is 15.9 Å². The fourth-order valence-corrected chi connectivity index (χ4v) is 3.05. The van der Waals surface area contributed by atoms with Gasteiger partial charge < -0.3 is 5.32 Å². The zero-order valence-corrected chi connectivity index (χ0v) is 13.9. The fraction of sp³-hybridized carbons (Fsp3) is 0.438. The Bertz CT molecular complexity index is 653. The number of aryl methyl sites for hydroxylation is 1. The van der Waals surface area contributed by atoms with Gasteiger partial charge in [0.15, 0.2) is 5.82 Å². The summed E-state index contributed by atoms with van der Waals surface area (Å²) in [5, 5.41) is 3.32.